The van der Waals surface area contributed by atoms with Crippen LogP contribution in [0.1, 0.15) is 48.2 Å². The molecule has 0 aliphatic heterocycles. The smallest absolute Gasteiger partial charge is 0.335 e. The van der Waals surface area contributed by atoms with Crippen LogP contribution in [0.2, 0.25) is 0 Å². The Bertz CT molecular complexity index is 732. The quantitative estimate of drug-likeness (QED) is 0.618. The lowest BCUT2D eigenvalue weighted by Crippen LogP contribution is -2.07. The molecule has 0 bridgehead atoms. The summed E-state index contributed by atoms with van der Waals surface area (Å²) in [6.07, 6.45) is 0. The van der Waals surface area contributed by atoms with E-state index in [9.17, 15) is 4.79 Å². The van der Waals surface area contributed by atoms with Gasteiger partial charge in [-0.25, -0.2) is 9.79 Å². The molecule has 0 spiro atoms. The Balaban J connectivity index is 2.19. The molecule has 2 N–H and O–H groups in total. The Labute approximate surface area is 136 Å². The van der Waals surface area contributed by atoms with E-state index in [2.05, 4.69) is 36.3 Å². The molecule has 2 aromatic rings. The number of hydrogen-bond acceptors (Lipinski definition) is 2. The number of aromatic carboxylic acids is 1. The molecule has 0 amide bonds. The van der Waals surface area contributed by atoms with Gasteiger partial charge in [-0.3, -0.25) is 0 Å². The van der Waals surface area contributed by atoms with Crippen LogP contribution in [0.15, 0.2) is 47.5 Å². The second-order valence-corrected chi connectivity index (χ2v) is 5.91. The fraction of sp³-hybridized carbons (Fsp3) is 0.263. The number of carboxylic acids is 1. The summed E-state index contributed by atoms with van der Waals surface area (Å²) in [7, 11) is 0. The molecule has 4 nitrogen and oxygen atoms in total. The van der Waals surface area contributed by atoms with E-state index in [1.165, 1.54) is 5.56 Å². The van der Waals surface area contributed by atoms with Crippen LogP contribution < -0.4 is 5.32 Å². The van der Waals surface area contributed by atoms with Crippen molar-refractivity contribution in [2.24, 2.45) is 4.99 Å². The minimum Gasteiger partial charge on any atom is -0.478 e. The summed E-state index contributed by atoms with van der Waals surface area (Å²) in [5, 5.41) is 12.3. The predicted molar refractivity (Wildman–Crippen MR) is 95.1 cm³/mol. The van der Waals surface area contributed by atoms with Crippen molar-refractivity contribution >= 4 is 23.2 Å². The van der Waals surface area contributed by atoms with E-state index in [0.29, 0.717) is 17.4 Å². The molecule has 2 aromatic carbocycles. The summed E-state index contributed by atoms with van der Waals surface area (Å²) in [4.78, 5) is 15.6. The number of nitrogens with zero attached hydrogens (tertiary/aromatic N) is 1. The normalized spacial score (nSPS) is 11.6. The third-order valence-electron chi connectivity index (χ3n) is 3.65. The molecule has 0 unspecified atom stereocenters. The lowest BCUT2D eigenvalue weighted by molar-refractivity contribution is 0.0697. The molecule has 0 heterocycles. The van der Waals surface area contributed by atoms with E-state index in [-0.39, 0.29) is 5.56 Å². The zero-order valence-electron chi connectivity index (χ0n) is 13.9. The van der Waals surface area contributed by atoms with Crippen molar-refractivity contribution in [1.29, 1.82) is 0 Å². The van der Waals surface area contributed by atoms with E-state index in [4.69, 9.17) is 5.11 Å². The van der Waals surface area contributed by atoms with Gasteiger partial charge in [0.1, 0.15) is 5.84 Å². The van der Waals surface area contributed by atoms with Gasteiger partial charge in [-0.1, -0.05) is 32.0 Å². The van der Waals surface area contributed by atoms with Crippen LogP contribution in [0.5, 0.6) is 0 Å². The Morgan fingerprint density at radius 2 is 1.78 bits per heavy atom. The monoisotopic (exact) mass is 310 g/mol. The van der Waals surface area contributed by atoms with Crippen molar-refractivity contribution < 1.29 is 9.90 Å². The van der Waals surface area contributed by atoms with Crippen LogP contribution >= 0.6 is 0 Å². The van der Waals surface area contributed by atoms with Crippen LogP contribution in [0.4, 0.5) is 11.4 Å². The maximum absolute atomic E-state index is 11.1. The Hall–Kier alpha value is -2.62. The molecule has 0 radical (unpaired) electrons. The highest BCUT2D eigenvalue weighted by atomic mass is 16.4. The number of rotatable bonds is 4. The average molecular weight is 310 g/mol. The highest BCUT2D eigenvalue weighted by Crippen LogP contribution is 2.21. The lowest BCUT2D eigenvalue weighted by atomic mass is 10.0. The second kappa shape index (κ2) is 7.09. The van der Waals surface area contributed by atoms with Gasteiger partial charge in [-0.2, -0.15) is 0 Å². The van der Waals surface area contributed by atoms with Gasteiger partial charge in [0.15, 0.2) is 0 Å². The first-order valence-electron chi connectivity index (χ1n) is 7.63. The molecule has 120 valence electrons. The van der Waals surface area contributed by atoms with Crippen LogP contribution in [0, 0.1) is 6.92 Å². The zero-order chi connectivity index (χ0) is 17.0. The molecule has 0 atom stereocenters. The van der Waals surface area contributed by atoms with Crippen LogP contribution in [-0.2, 0) is 0 Å². The van der Waals surface area contributed by atoms with Crippen molar-refractivity contribution in [2.75, 3.05) is 5.32 Å². The largest absolute Gasteiger partial charge is 0.478 e. The van der Waals surface area contributed by atoms with Gasteiger partial charge >= 0.3 is 5.97 Å². The lowest BCUT2D eigenvalue weighted by Gasteiger charge is -2.10. The SMILES string of the molecule is CC(=Nc1cc(C(=O)O)ccc1C)Nc1ccc(C(C)C)cc1. The van der Waals surface area contributed by atoms with E-state index in [0.717, 1.165) is 11.3 Å². The van der Waals surface area contributed by atoms with E-state index in [1.807, 2.05) is 26.0 Å². The molecule has 0 fully saturated rings. The zero-order valence-corrected chi connectivity index (χ0v) is 13.9. The number of nitrogens with one attached hydrogen (secondary N) is 1. The third kappa shape index (κ3) is 4.42. The maximum atomic E-state index is 11.1. The highest BCUT2D eigenvalue weighted by molar-refractivity contribution is 5.96. The summed E-state index contributed by atoms with van der Waals surface area (Å²) in [6.45, 7) is 8.10. The molecule has 0 saturated heterocycles. The molecule has 0 aliphatic carbocycles. The molecular formula is C19H22N2O2. The van der Waals surface area contributed by atoms with Gasteiger partial charge in [0, 0.05) is 5.69 Å². The van der Waals surface area contributed by atoms with Gasteiger partial charge in [0.2, 0.25) is 0 Å². The van der Waals surface area contributed by atoms with E-state index >= 15 is 0 Å². The van der Waals surface area contributed by atoms with Gasteiger partial charge < -0.3 is 10.4 Å². The number of anilines is 1. The number of carbonyl (C=O) groups is 1. The van der Waals surface area contributed by atoms with E-state index in [1.54, 1.807) is 18.2 Å². The number of benzene rings is 2. The molecule has 23 heavy (non-hydrogen) atoms. The van der Waals surface area contributed by atoms with Gasteiger partial charge in [0.05, 0.1) is 11.3 Å². The van der Waals surface area contributed by atoms with Crippen molar-refractivity contribution in [3.05, 3.63) is 59.2 Å². The first kappa shape index (κ1) is 16.7. The standard InChI is InChI=1S/C19H22N2O2/c1-12(2)15-7-9-17(10-8-15)20-14(4)21-18-11-16(19(22)23)6-5-13(18)3/h5-12H,1-4H3,(H,20,21)(H,22,23). The second-order valence-electron chi connectivity index (χ2n) is 5.91. The van der Waals surface area contributed by atoms with Crippen LogP contribution in [0.25, 0.3) is 0 Å². The van der Waals surface area contributed by atoms with Crippen molar-refractivity contribution in [3.63, 3.8) is 0 Å². The van der Waals surface area contributed by atoms with Crippen LogP contribution in [-0.4, -0.2) is 16.9 Å². The predicted octanol–water partition coefficient (Wildman–Crippen LogP) is 4.98. The summed E-state index contributed by atoms with van der Waals surface area (Å²) in [5.41, 5.74) is 4.08. The number of hydrogen-bond donors (Lipinski definition) is 2. The first-order valence-corrected chi connectivity index (χ1v) is 7.63. The topological polar surface area (TPSA) is 61.7 Å². The number of carboxylic acid groups (broad SMARTS) is 1. The number of amidine groups is 1. The summed E-state index contributed by atoms with van der Waals surface area (Å²) in [5.74, 6) is 0.268. The number of aliphatic imine (C=N–C) groups is 1. The average Bonchev–Trinajstić information content (AvgIpc) is 2.49. The van der Waals surface area contributed by atoms with Crippen molar-refractivity contribution in [2.45, 2.75) is 33.6 Å². The Kier molecular flexibility index (Phi) is 5.16. The molecule has 0 aliphatic rings. The van der Waals surface area contributed by atoms with E-state index < -0.39 is 5.97 Å². The molecule has 4 heteroatoms. The van der Waals surface area contributed by atoms with Crippen molar-refractivity contribution in [3.8, 4) is 0 Å². The van der Waals surface area contributed by atoms with Crippen molar-refractivity contribution in [1.82, 2.24) is 0 Å². The van der Waals surface area contributed by atoms with Gasteiger partial charge in [0.25, 0.3) is 0 Å². The summed E-state index contributed by atoms with van der Waals surface area (Å²) in [6, 6.07) is 13.2. The van der Waals surface area contributed by atoms with Gasteiger partial charge in [-0.15, -0.1) is 0 Å². The fourth-order valence-corrected chi connectivity index (χ4v) is 2.23. The van der Waals surface area contributed by atoms with Crippen LogP contribution in [0.3, 0.4) is 0 Å². The Morgan fingerprint density at radius 3 is 2.35 bits per heavy atom. The molecule has 2 rings (SSSR count). The Morgan fingerprint density at radius 1 is 1.13 bits per heavy atom. The molecule has 0 aromatic heterocycles. The number of aryl methyl sites for hydroxylation is 1. The third-order valence-corrected chi connectivity index (χ3v) is 3.65. The minimum absolute atomic E-state index is 0.239. The fourth-order valence-electron chi connectivity index (χ4n) is 2.23. The maximum Gasteiger partial charge on any atom is 0.335 e. The summed E-state index contributed by atoms with van der Waals surface area (Å²) >= 11 is 0. The highest BCUT2D eigenvalue weighted by Gasteiger charge is 2.06. The minimum atomic E-state index is -0.948. The molecular weight excluding hydrogens is 288 g/mol. The van der Waals surface area contributed by atoms with Gasteiger partial charge in [-0.05, 0) is 55.2 Å². The molecule has 0 saturated carbocycles. The summed E-state index contributed by atoms with van der Waals surface area (Å²) < 4.78 is 0. The first-order chi connectivity index (χ1) is 10.9.